The number of carbonyl (C=O) groups is 1. The SMILES string of the molecule is COc1ccc(C(=O)N2CCN3[C@@H](COC[C@@H]3C)C2)cc1N1CCOCC1. The molecule has 1 aromatic carbocycles. The van der Waals surface area contributed by atoms with Crippen molar-refractivity contribution in [3.63, 3.8) is 0 Å². The minimum absolute atomic E-state index is 0.0880. The van der Waals surface area contributed by atoms with Gasteiger partial charge in [-0.15, -0.1) is 0 Å². The lowest BCUT2D eigenvalue weighted by Gasteiger charge is -2.47. The highest BCUT2D eigenvalue weighted by atomic mass is 16.5. The third kappa shape index (κ3) is 3.77. The molecule has 3 saturated heterocycles. The molecule has 0 radical (unpaired) electrons. The van der Waals surface area contributed by atoms with Crippen LogP contribution in [0.5, 0.6) is 5.75 Å². The number of nitrogens with zero attached hydrogens (tertiary/aromatic N) is 3. The number of methoxy groups -OCH3 is 1. The fourth-order valence-corrected chi connectivity index (χ4v) is 4.31. The van der Waals surface area contributed by atoms with Gasteiger partial charge in [-0.3, -0.25) is 9.69 Å². The normalized spacial score (nSPS) is 26.6. The van der Waals surface area contributed by atoms with Gasteiger partial charge in [0.05, 0.1) is 45.3 Å². The van der Waals surface area contributed by atoms with Crippen molar-refractivity contribution in [3.05, 3.63) is 23.8 Å². The van der Waals surface area contributed by atoms with E-state index in [1.54, 1.807) is 7.11 Å². The zero-order chi connectivity index (χ0) is 18.8. The first-order chi connectivity index (χ1) is 13.2. The smallest absolute Gasteiger partial charge is 0.254 e. The molecule has 3 aliphatic rings. The van der Waals surface area contributed by atoms with Gasteiger partial charge in [-0.1, -0.05) is 0 Å². The zero-order valence-electron chi connectivity index (χ0n) is 16.2. The molecule has 7 heteroatoms. The number of piperazine rings is 1. The van der Waals surface area contributed by atoms with E-state index in [1.165, 1.54) is 0 Å². The Morgan fingerprint density at radius 1 is 1.11 bits per heavy atom. The minimum Gasteiger partial charge on any atom is -0.495 e. The van der Waals surface area contributed by atoms with Crippen molar-refractivity contribution in [2.75, 3.05) is 71.2 Å². The van der Waals surface area contributed by atoms with Crippen molar-refractivity contribution in [2.45, 2.75) is 19.0 Å². The Morgan fingerprint density at radius 3 is 2.70 bits per heavy atom. The second-order valence-corrected chi connectivity index (χ2v) is 7.52. The van der Waals surface area contributed by atoms with Gasteiger partial charge in [-0.05, 0) is 25.1 Å². The van der Waals surface area contributed by atoms with Crippen molar-refractivity contribution in [1.82, 2.24) is 9.80 Å². The molecule has 148 valence electrons. The lowest BCUT2D eigenvalue weighted by atomic mass is 10.1. The van der Waals surface area contributed by atoms with Crippen molar-refractivity contribution in [1.29, 1.82) is 0 Å². The van der Waals surface area contributed by atoms with E-state index in [2.05, 4.69) is 16.7 Å². The Hall–Kier alpha value is -1.83. The Morgan fingerprint density at radius 2 is 1.93 bits per heavy atom. The molecule has 3 fully saturated rings. The Bertz CT molecular complexity index is 677. The highest BCUT2D eigenvalue weighted by molar-refractivity contribution is 5.96. The maximum atomic E-state index is 13.2. The summed E-state index contributed by atoms with van der Waals surface area (Å²) in [6.45, 7) is 9.09. The fourth-order valence-electron chi connectivity index (χ4n) is 4.31. The van der Waals surface area contributed by atoms with E-state index in [0.29, 0.717) is 31.9 Å². The summed E-state index contributed by atoms with van der Waals surface area (Å²) >= 11 is 0. The van der Waals surface area contributed by atoms with Crippen LogP contribution in [0.2, 0.25) is 0 Å². The monoisotopic (exact) mass is 375 g/mol. The molecular weight excluding hydrogens is 346 g/mol. The van der Waals surface area contributed by atoms with Crippen LogP contribution in [0.15, 0.2) is 18.2 Å². The summed E-state index contributed by atoms with van der Waals surface area (Å²) in [5.41, 5.74) is 1.69. The second kappa shape index (κ2) is 8.04. The highest BCUT2D eigenvalue weighted by Gasteiger charge is 2.35. The van der Waals surface area contributed by atoms with Crippen LogP contribution in [0, 0.1) is 0 Å². The predicted octanol–water partition coefficient (Wildman–Crippen LogP) is 1.08. The molecule has 0 saturated carbocycles. The molecule has 1 amide bonds. The molecule has 7 nitrogen and oxygen atoms in total. The van der Waals surface area contributed by atoms with Crippen LogP contribution in [0.4, 0.5) is 5.69 Å². The molecule has 0 spiro atoms. The van der Waals surface area contributed by atoms with Crippen LogP contribution in [-0.2, 0) is 9.47 Å². The number of hydrogen-bond acceptors (Lipinski definition) is 6. The van der Waals surface area contributed by atoms with E-state index < -0.39 is 0 Å². The summed E-state index contributed by atoms with van der Waals surface area (Å²) in [6, 6.07) is 6.47. The molecule has 4 rings (SSSR count). The first-order valence-electron chi connectivity index (χ1n) is 9.81. The van der Waals surface area contributed by atoms with Gasteiger partial charge in [0.1, 0.15) is 5.75 Å². The standard InChI is InChI=1S/C20H29N3O4/c1-15-13-27-14-17-12-22(5-6-23(15)17)20(24)16-3-4-19(25-2)18(11-16)21-7-9-26-10-8-21/h3-4,11,15,17H,5-10,12-14H2,1-2H3/t15-,17+/m0/s1. The number of hydrogen-bond donors (Lipinski definition) is 0. The molecule has 0 N–H and O–H groups in total. The number of carbonyl (C=O) groups excluding carboxylic acids is 1. The molecule has 3 aliphatic heterocycles. The van der Waals surface area contributed by atoms with E-state index in [1.807, 2.05) is 23.1 Å². The van der Waals surface area contributed by atoms with E-state index in [-0.39, 0.29) is 5.91 Å². The molecular formula is C20H29N3O4. The van der Waals surface area contributed by atoms with Crippen LogP contribution in [0.1, 0.15) is 17.3 Å². The molecule has 27 heavy (non-hydrogen) atoms. The van der Waals surface area contributed by atoms with Crippen LogP contribution < -0.4 is 9.64 Å². The zero-order valence-corrected chi connectivity index (χ0v) is 16.2. The molecule has 0 aromatic heterocycles. The predicted molar refractivity (Wildman–Crippen MR) is 103 cm³/mol. The first-order valence-corrected chi connectivity index (χ1v) is 9.81. The maximum Gasteiger partial charge on any atom is 0.254 e. The van der Waals surface area contributed by atoms with Gasteiger partial charge >= 0.3 is 0 Å². The number of fused-ring (bicyclic) bond motifs is 1. The van der Waals surface area contributed by atoms with Crippen LogP contribution in [-0.4, -0.2) is 94.1 Å². The topological polar surface area (TPSA) is 54.5 Å². The number of benzene rings is 1. The number of rotatable bonds is 3. The summed E-state index contributed by atoms with van der Waals surface area (Å²) in [5, 5.41) is 0. The summed E-state index contributed by atoms with van der Waals surface area (Å²) in [6.07, 6.45) is 0. The molecule has 0 unspecified atom stereocenters. The summed E-state index contributed by atoms with van der Waals surface area (Å²) in [4.78, 5) is 19.8. The quantitative estimate of drug-likeness (QED) is 0.788. The van der Waals surface area contributed by atoms with Crippen LogP contribution in [0.3, 0.4) is 0 Å². The van der Waals surface area contributed by atoms with E-state index in [9.17, 15) is 4.79 Å². The maximum absolute atomic E-state index is 13.2. The second-order valence-electron chi connectivity index (χ2n) is 7.52. The van der Waals surface area contributed by atoms with E-state index in [4.69, 9.17) is 14.2 Å². The van der Waals surface area contributed by atoms with Crippen molar-refractivity contribution >= 4 is 11.6 Å². The van der Waals surface area contributed by atoms with Crippen LogP contribution >= 0.6 is 0 Å². The van der Waals surface area contributed by atoms with Gasteiger partial charge in [0, 0.05) is 44.3 Å². The van der Waals surface area contributed by atoms with Crippen LogP contribution in [0.25, 0.3) is 0 Å². The summed E-state index contributed by atoms with van der Waals surface area (Å²) in [7, 11) is 1.67. The molecule has 3 heterocycles. The Kier molecular flexibility index (Phi) is 5.52. The van der Waals surface area contributed by atoms with E-state index in [0.717, 1.165) is 56.3 Å². The van der Waals surface area contributed by atoms with Crippen molar-refractivity contribution in [3.8, 4) is 5.75 Å². The number of morpholine rings is 2. The van der Waals surface area contributed by atoms with Gasteiger partial charge in [-0.2, -0.15) is 0 Å². The number of ether oxygens (including phenoxy) is 3. The minimum atomic E-state index is 0.0880. The Balaban J connectivity index is 1.51. The largest absolute Gasteiger partial charge is 0.495 e. The summed E-state index contributed by atoms with van der Waals surface area (Å²) < 4.78 is 16.7. The third-order valence-electron chi connectivity index (χ3n) is 5.83. The van der Waals surface area contributed by atoms with Gasteiger partial charge in [-0.25, -0.2) is 0 Å². The van der Waals surface area contributed by atoms with Gasteiger partial charge in [0.25, 0.3) is 5.91 Å². The number of amides is 1. The lowest BCUT2D eigenvalue weighted by molar-refractivity contribution is -0.0699. The highest BCUT2D eigenvalue weighted by Crippen LogP contribution is 2.31. The summed E-state index contributed by atoms with van der Waals surface area (Å²) in [5.74, 6) is 0.887. The van der Waals surface area contributed by atoms with Gasteiger partial charge in [0.15, 0.2) is 0 Å². The molecule has 1 aromatic rings. The molecule has 0 aliphatic carbocycles. The number of anilines is 1. The fraction of sp³-hybridized carbons (Fsp3) is 0.650. The average Bonchev–Trinajstić information content (AvgIpc) is 2.73. The van der Waals surface area contributed by atoms with E-state index >= 15 is 0 Å². The Labute approximate surface area is 160 Å². The average molecular weight is 375 g/mol. The first kappa shape index (κ1) is 18.5. The lowest BCUT2D eigenvalue weighted by Crippen LogP contribution is -2.62. The van der Waals surface area contributed by atoms with Crippen molar-refractivity contribution < 1.29 is 19.0 Å². The molecule has 2 atom stereocenters. The van der Waals surface area contributed by atoms with Gasteiger partial charge < -0.3 is 24.0 Å². The van der Waals surface area contributed by atoms with Crippen molar-refractivity contribution in [2.24, 2.45) is 0 Å². The third-order valence-corrected chi connectivity index (χ3v) is 5.83. The van der Waals surface area contributed by atoms with Gasteiger partial charge in [0.2, 0.25) is 0 Å². The molecule has 0 bridgehead atoms.